The standard InChI is InChI=1S/C19H15N3O2/c1-12-10-20-18-8-14-7-16-17(24-11-23-16)9-15(14)19(21-22(12)18)13-5-3-2-4-6-13/h2-10,21H,11H2,1H3. The summed E-state index contributed by atoms with van der Waals surface area (Å²) in [6.45, 7) is 2.29. The van der Waals surface area contributed by atoms with Gasteiger partial charge in [0.05, 0.1) is 17.6 Å². The first-order valence-electron chi connectivity index (χ1n) is 7.82. The summed E-state index contributed by atoms with van der Waals surface area (Å²) in [5.41, 5.74) is 6.68. The predicted molar refractivity (Wildman–Crippen MR) is 90.7 cm³/mol. The minimum Gasteiger partial charge on any atom is -0.454 e. The fourth-order valence-corrected chi connectivity index (χ4v) is 3.13. The Kier molecular flexibility index (Phi) is 2.70. The number of rotatable bonds is 1. The lowest BCUT2D eigenvalue weighted by atomic mass is 10.1. The number of imidazole rings is 1. The van der Waals surface area contributed by atoms with Crippen LogP contribution in [0, 0.1) is 6.92 Å². The number of benzene rings is 2. The maximum Gasteiger partial charge on any atom is 0.231 e. The first-order chi connectivity index (χ1) is 11.8. The van der Waals surface area contributed by atoms with Crippen LogP contribution in [-0.4, -0.2) is 16.5 Å². The molecule has 24 heavy (non-hydrogen) atoms. The molecule has 1 aromatic heterocycles. The van der Waals surface area contributed by atoms with Crippen LogP contribution in [0.1, 0.15) is 17.1 Å². The van der Waals surface area contributed by atoms with Crippen LogP contribution in [-0.2, 0) is 0 Å². The lowest BCUT2D eigenvalue weighted by Crippen LogP contribution is -2.29. The summed E-state index contributed by atoms with van der Waals surface area (Å²) < 4.78 is 13.1. The maximum absolute atomic E-state index is 5.57. The molecule has 5 heteroatoms. The Morgan fingerprint density at radius 1 is 1.08 bits per heavy atom. The van der Waals surface area contributed by atoms with Gasteiger partial charge in [-0.2, -0.15) is 0 Å². The van der Waals surface area contributed by atoms with Gasteiger partial charge >= 0.3 is 0 Å². The summed E-state index contributed by atoms with van der Waals surface area (Å²) in [5.74, 6) is 2.40. The molecule has 118 valence electrons. The predicted octanol–water partition coefficient (Wildman–Crippen LogP) is 1.46. The van der Waals surface area contributed by atoms with Gasteiger partial charge in [0.25, 0.3) is 0 Å². The van der Waals surface area contributed by atoms with Crippen molar-refractivity contribution in [2.45, 2.75) is 6.92 Å². The summed E-state index contributed by atoms with van der Waals surface area (Å²) in [6.07, 6.45) is 3.92. The number of ether oxygens (including phenoxy) is 2. The molecule has 5 rings (SSSR count). The molecule has 0 unspecified atom stereocenters. The zero-order chi connectivity index (χ0) is 16.1. The second kappa shape index (κ2) is 4.89. The molecule has 0 spiro atoms. The summed E-state index contributed by atoms with van der Waals surface area (Å²) >= 11 is 0. The molecule has 0 saturated heterocycles. The molecule has 2 aliphatic heterocycles. The van der Waals surface area contributed by atoms with E-state index < -0.39 is 0 Å². The Morgan fingerprint density at radius 2 is 1.88 bits per heavy atom. The number of fused-ring (bicyclic) bond motifs is 3. The fraction of sp³-hybridized carbons (Fsp3) is 0.105. The second-order valence-corrected chi connectivity index (χ2v) is 5.88. The number of hydrogen-bond acceptors (Lipinski definition) is 4. The van der Waals surface area contributed by atoms with E-state index in [1.54, 1.807) is 0 Å². The van der Waals surface area contributed by atoms with Gasteiger partial charge in [0.15, 0.2) is 17.3 Å². The molecule has 0 atom stereocenters. The van der Waals surface area contributed by atoms with Crippen LogP contribution in [0.3, 0.4) is 0 Å². The van der Waals surface area contributed by atoms with Gasteiger partial charge in [-0.3, -0.25) is 5.43 Å². The van der Waals surface area contributed by atoms with Crippen molar-refractivity contribution in [2.75, 3.05) is 12.2 Å². The Hall–Kier alpha value is -3.21. The summed E-state index contributed by atoms with van der Waals surface area (Å²) in [5, 5.41) is 2.12. The molecule has 3 heterocycles. The van der Waals surface area contributed by atoms with Gasteiger partial charge in [0, 0.05) is 10.8 Å². The van der Waals surface area contributed by atoms with Crippen molar-refractivity contribution in [1.29, 1.82) is 0 Å². The van der Waals surface area contributed by atoms with E-state index in [1.807, 2.05) is 48.1 Å². The van der Waals surface area contributed by atoms with E-state index in [1.165, 1.54) is 0 Å². The van der Waals surface area contributed by atoms with Crippen LogP contribution in [0.4, 0.5) is 0 Å². The SMILES string of the molecule is Cc1cnc2n1NC(c1ccccc1)=c1cc3c(cc1=C2)OCO3. The molecule has 2 aromatic carbocycles. The van der Waals surface area contributed by atoms with Crippen molar-refractivity contribution in [1.82, 2.24) is 9.66 Å². The van der Waals surface area contributed by atoms with Crippen molar-refractivity contribution in [2.24, 2.45) is 0 Å². The summed E-state index contributed by atoms with van der Waals surface area (Å²) in [6, 6.07) is 14.3. The van der Waals surface area contributed by atoms with Gasteiger partial charge in [-0.1, -0.05) is 30.3 Å². The van der Waals surface area contributed by atoms with Crippen LogP contribution in [0.2, 0.25) is 0 Å². The number of aryl methyl sites for hydroxylation is 1. The third kappa shape index (κ3) is 1.91. The van der Waals surface area contributed by atoms with Gasteiger partial charge in [-0.25, -0.2) is 9.66 Å². The molecule has 5 nitrogen and oxygen atoms in total. The molecule has 1 N–H and O–H groups in total. The lowest BCUT2D eigenvalue weighted by Gasteiger charge is -2.14. The van der Waals surface area contributed by atoms with Crippen LogP contribution in [0.5, 0.6) is 11.5 Å². The molecule has 0 saturated carbocycles. The minimum absolute atomic E-state index is 0.264. The van der Waals surface area contributed by atoms with E-state index in [4.69, 9.17) is 9.47 Å². The topological polar surface area (TPSA) is 48.3 Å². The van der Waals surface area contributed by atoms with Crippen molar-refractivity contribution in [3.05, 3.63) is 76.2 Å². The number of nitrogens with one attached hydrogen (secondary N) is 1. The van der Waals surface area contributed by atoms with E-state index in [9.17, 15) is 0 Å². The average molecular weight is 317 g/mol. The molecule has 0 aliphatic carbocycles. The maximum atomic E-state index is 5.57. The third-order valence-electron chi connectivity index (χ3n) is 4.35. The van der Waals surface area contributed by atoms with E-state index in [0.717, 1.165) is 44.7 Å². The first kappa shape index (κ1) is 13.2. The monoisotopic (exact) mass is 317 g/mol. The molecule has 2 aliphatic rings. The summed E-state index contributed by atoms with van der Waals surface area (Å²) in [7, 11) is 0. The second-order valence-electron chi connectivity index (χ2n) is 5.88. The minimum atomic E-state index is 0.264. The Bertz CT molecular complexity index is 1070. The van der Waals surface area contributed by atoms with E-state index in [2.05, 4.69) is 28.6 Å². The van der Waals surface area contributed by atoms with Crippen LogP contribution < -0.4 is 25.3 Å². The number of aromatic nitrogens is 2. The van der Waals surface area contributed by atoms with E-state index >= 15 is 0 Å². The first-order valence-corrected chi connectivity index (χ1v) is 7.82. The molecule has 0 amide bonds. The summed E-state index contributed by atoms with van der Waals surface area (Å²) in [4.78, 5) is 4.50. The zero-order valence-electron chi connectivity index (χ0n) is 13.1. The number of nitrogens with zero attached hydrogens (tertiary/aromatic N) is 2. The van der Waals surface area contributed by atoms with E-state index in [-0.39, 0.29) is 6.79 Å². The average Bonchev–Trinajstić information content (AvgIpc) is 3.15. The Balaban J connectivity index is 1.89. The molecule has 0 radical (unpaired) electrons. The third-order valence-corrected chi connectivity index (χ3v) is 4.35. The highest BCUT2D eigenvalue weighted by Gasteiger charge is 2.18. The fourth-order valence-electron chi connectivity index (χ4n) is 3.13. The van der Waals surface area contributed by atoms with Crippen molar-refractivity contribution >= 4 is 11.8 Å². The van der Waals surface area contributed by atoms with E-state index in [0.29, 0.717) is 0 Å². The smallest absolute Gasteiger partial charge is 0.231 e. The quantitative estimate of drug-likeness (QED) is 0.738. The van der Waals surface area contributed by atoms with Crippen molar-refractivity contribution < 1.29 is 9.47 Å². The lowest BCUT2D eigenvalue weighted by molar-refractivity contribution is 0.174. The Morgan fingerprint density at radius 3 is 2.71 bits per heavy atom. The molecular weight excluding hydrogens is 302 g/mol. The highest BCUT2D eigenvalue weighted by molar-refractivity contribution is 5.72. The van der Waals surface area contributed by atoms with Gasteiger partial charge in [-0.15, -0.1) is 0 Å². The van der Waals surface area contributed by atoms with Crippen molar-refractivity contribution in [3.63, 3.8) is 0 Å². The molecule has 0 fully saturated rings. The van der Waals surface area contributed by atoms with Crippen molar-refractivity contribution in [3.8, 4) is 11.5 Å². The van der Waals surface area contributed by atoms with Gasteiger partial charge in [0.1, 0.15) is 0 Å². The van der Waals surface area contributed by atoms with Crippen LogP contribution >= 0.6 is 0 Å². The van der Waals surface area contributed by atoms with Gasteiger partial charge < -0.3 is 9.47 Å². The normalized spacial score (nSPS) is 14.3. The Labute approximate surface area is 138 Å². The highest BCUT2D eigenvalue weighted by Crippen LogP contribution is 2.28. The largest absolute Gasteiger partial charge is 0.454 e. The number of hydrogen-bond donors (Lipinski definition) is 1. The van der Waals surface area contributed by atoms with Crippen LogP contribution in [0.25, 0.3) is 11.8 Å². The zero-order valence-corrected chi connectivity index (χ0v) is 13.1. The molecular formula is C19H15N3O2. The highest BCUT2D eigenvalue weighted by atomic mass is 16.7. The molecule has 3 aromatic rings. The van der Waals surface area contributed by atoms with Gasteiger partial charge in [0.2, 0.25) is 6.79 Å². The van der Waals surface area contributed by atoms with Gasteiger partial charge in [-0.05, 0) is 30.4 Å². The molecule has 0 bridgehead atoms. The van der Waals surface area contributed by atoms with Crippen LogP contribution in [0.15, 0.2) is 48.7 Å².